The average Bonchev–Trinajstić information content (AvgIpc) is 3.00. The number of aromatic nitrogens is 2. The topological polar surface area (TPSA) is 57.4 Å². The molecule has 0 radical (unpaired) electrons. The molecule has 0 bridgehead atoms. The third-order valence-corrected chi connectivity index (χ3v) is 3.65. The quantitative estimate of drug-likeness (QED) is 0.681. The molecule has 3 rings (SSSR count). The highest BCUT2D eigenvalue weighted by atomic mass is 16.5. The Hall–Kier alpha value is -2.82. The Morgan fingerprint density at radius 1 is 0.875 bits per heavy atom. The molecule has 0 unspecified atom stereocenters. The van der Waals surface area contributed by atoms with Crippen LogP contribution in [-0.4, -0.2) is 10.1 Å². The molecule has 5 nitrogen and oxygen atoms in total. The lowest BCUT2D eigenvalue weighted by atomic mass is 10.1. The normalized spacial score (nSPS) is 10.6. The fourth-order valence-corrected chi connectivity index (χ4v) is 2.29. The molecular formula is C19H20N2O3. The van der Waals surface area contributed by atoms with Crippen molar-refractivity contribution >= 4 is 0 Å². The van der Waals surface area contributed by atoms with Gasteiger partial charge in [-0.1, -0.05) is 28.9 Å². The third kappa shape index (κ3) is 4.13. The van der Waals surface area contributed by atoms with E-state index in [0.29, 0.717) is 18.3 Å². The van der Waals surface area contributed by atoms with Crippen molar-refractivity contribution in [2.24, 2.45) is 0 Å². The number of hydrogen-bond donors (Lipinski definition) is 0. The van der Waals surface area contributed by atoms with Gasteiger partial charge in [0.05, 0.1) is 0 Å². The summed E-state index contributed by atoms with van der Waals surface area (Å²) >= 11 is 0. The molecule has 0 fully saturated rings. The first-order valence-electron chi connectivity index (χ1n) is 7.81. The zero-order valence-electron chi connectivity index (χ0n) is 14.1. The van der Waals surface area contributed by atoms with Crippen LogP contribution in [0.4, 0.5) is 0 Å². The molecule has 2 aromatic carbocycles. The van der Waals surface area contributed by atoms with Gasteiger partial charge in [0.2, 0.25) is 0 Å². The summed E-state index contributed by atoms with van der Waals surface area (Å²) in [5.41, 5.74) is 3.66. The first-order chi connectivity index (χ1) is 11.6. The number of benzene rings is 2. The first kappa shape index (κ1) is 16.1. The van der Waals surface area contributed by atoms with E-state index in [9.17, 15) is 0 Å². The Balaban J connectivity index is 1.55. The second-order valence-corrected chi connectivity index (χ2v) is 5.71. The third-order valence-electron chi connectivity index (χ3n) is 3.65. The SMILES string of the molecule is Cc1ccc(C)c(COc2ccc(OCc3nc(C)no3)cc2)c1. The van der Waals surface area contributed by atoms with E-state index in [2.05, 4.69) is 42.2 Å². The summed E-state index contributed by atoms with van der Waals surface area (Å²) in [6.45, 7) is 6.75. The largest absolute Gasteiger partial charge is 0.489 e. The first-order valence-corrected chi connectivity index (χ1v) is 7.81. The van der Waals surface area contributed by atoms with E-state index in [-0.39, 0.29) is 6.61 Å². The summed E-state index contributed by atoms with van der Waals surface area (Å²) in [6.07, 6.45) is 0. The molecular weight excluding hydrogens is 304 g/mol. The maximum Gasteiger partial charge on any atom is 0.264 e. The van der Waals surface area contributed by atoms with Crippen LogP contribution in [0.25, 0.3) is 0 Å². The van der Waals surface area contributed by atoms with Gasteiger partial charge in [0.25, 0.3) is 5.89 Å². The molecule has 0 aliphatic carbocycles. The number of hydrogen-bond acceptors (Lipinski definition) is 5. The van der Waals surface area contributed by atoms with Gasteiger partial charge >= 0.3 is 0 Å². The van der Waals surface area contributed by atoms with E-state index in [1.807, 2.05) is 24.3 Å². The van der Waals surface area contributed by atoms with Crippen molar-refractivity contribution in [2.75, 3.05) is 0 Å². The fraction of sp³-hybridized carbons (Fsp3) is 0.263. The lowest BCUT2D eigenvalue weighted by Crippen LogP contribution is -1.99. The van der Waals surface area contributed by atoms with Crippen molar-refractivity contribution in [2.45, 2.75) is 34.0 Å². The lowest BCUT2D eigenvalue weighted by molar-refractivity contribution is 0.242. The molecule has 5 heteroatoms. The van der Waals surface area contributed by atoms with Crippen LogP contribution in [0.15, 0.2) is 47.0 Å². The van der Waals surface area contributed by atoms with Crippen molar-refractivity contribution in [1.82, 2.24) is 10.1 Å². The molecule has 0 spiro atoms. The van der Waals surface area contributed by atoms with Crippen LogP contribution < -0.4 is 9.47 Å². The summed E-state index contributed by atoms with van der Waals surface area (Å²) in [5.74, 6) is 2.59. The van der Waals surface area contributed by atoms with Gasteiger partial charge in [0.1, 0.15) is 18.1 Å². The molecule has 124 valence electrons. The Kier molecular flexibility index (Phi) is 4.79. The van der Waals surface area contributed by atoms with Gasteiger partial charge in [-0.25, -0.2) is 0 Å². The highest BCUT2D eigenvalue weighted by Crippen LogP contribution is 2.20. The highest BCUT2D eigenvalue weighted by molar-refractivity contribution is 5.33. The molecule has 1 aromatic heterocycles. The fourth-order valence-electron chi connectivity index (χ4n) is 2.29. The van der Waals surface area contributed by atoms with Crippen molar-refractivity contribution in [3.8, 4) is 11.5 Å². The predicted octanol–water partition coefficient (Wildman–Crippen LogP) is 4.15. The number of ether oxygens (including phenoxy) is 2. The predicted molar refractivity (Wildman–Crippen MR) is 90.1 cm³/mol. The second kappa shape index (κ2) is 7.17. The van der Waals surface area contributed by atoms with Crippen molar-refractivity contribution in [3.05, 3.63) is 70.9 Å². The molecule has 0 aliphatic rings. The molecule has 0 aliphatic heterocycles. The van der Waals surface area contributed by atoms with Crippen LogP contribution in [0, 0.1) is 20.8 Å². The van der Waals surface area contributed by atoms with Crippen LogP contribution in [0.1, 0.15) is 28.4 Å². The molecule has 0 atom stereocenters. The zero-order chi connectivity index (χ0) is 16.9. The van der Waals surface area contributed by atoms with Gasteiger partial charge in [-0.3, -0.25) is 0 Å². The molecule has 1 heterocycles. The van der Waals surface area contributed by atoms with Crippen molar-refractivity contribution in [3.63, 3.8) is 0 Å². The maximum absolute atomic E-state index is 5.85. The van der Waals surface area contributed by atoms with Gasteiger partial charge in [-0.15, -0.1) is 0 Å². The number of aryl methyl sites for hydroxylation is 3. The van der Waals surface area contributed by atoms with Crippen LogP contribution >= 0.6 is 0 Å². The Bertz CT molecular complexity index is 810. The van der Waals surface area contributed by atoms with Crippen molar-refractivity contribution in [1.29, 1.82) is 0 Å². The molecule has 0 N–H and O–H groups in total. The average molecular weight is 324 g/mol. The van der Waals surface area contributed by atoms with E-state index in [1.54, 1.807) is 6.92 Å². The minimum atomic E-state index is 0.254. The monoisotopic (exact) mass is 324 g/mol. The van der Waals surface area contributed by atoms with E-state index in [1.165, 1.54) is 16.7 Å². The van der Waals surface area contributed by atoms with Crippen molar-refractivity contribution < 1.29 is 14.0 Å². The summed E-state index contributed by atoms with van der Waals surface area (Å²) in [5, 5.41) is 3.72. The van der Waals surface area contributed by atoms with Crippen LogP contribution in [0.3, 0.4) is 0 Å². The molecule has 0 saturated carbocycles. The molecule has 24 heavy (non-hydrogen) atoms. The summed E-state index contributed by atoms with van der Waals surface area (Å²) in [4.78, 5) is 4.09. The van der Waals surface area contributed by atoms with Gasteiger partial charge in [-0.05, 0) is 56.2 Å². The summed E-state index contributed by atoms with van der Waals surface area (Å²) in [6, 6.07) is 13.9. The van der Waals surface area contributed by atoms with E-state index in [0.717, 1.165) is 11.5 Å². The Morgan fingerprint density at radius 3 is 2.17 bits per heavy atom. The minimum Gasteiger partial charge on any atom is -0.489 e. The minimum absolute atomic E-state index is 0.254. The van der Waals surface area contributed by atoms with E-state index < -0.39 is 0 Å². The number of rotatable bonds is 6. The van der Waals surface area contributed by atoms with Crippen LogP contribution in [0.5, 0.6) is 11.5 Å². The van der Waals surface area contributed by atoms with Gasteiger partial charge in [0.15, 0.2) is 12.4 Å². The van der Waals surface area contributed by atoms with Gasteiger partial charge in [0, 0.05) is 0 Å². The highest BCUT2D eigenvalue weighted by Gasteiger charge is 2.04. The van der Waals surface area contributed by atoms with Gasteiger partial charge < -0.3 is 14.0 Å². The standard InChI is InChI=1S/C19H20N2O3/c1-13-4-5-14(2)16(10-13)11-22-17-6-8-18(9-7-17)23-12-19-20-15(3)21-24-19/h4-10H,11-12H2,1-3H3. The summed E-state index contributed by atoms with van der Waals surface area (Å²) in [7, 11) is 0. The lowest BCUT2D eigenvalue weighted by Gasteiger charge is -2.10. The smallest absolute Gasteiger partial charge is 0.264 e. The molecule has 0 amide bonds. The Labute approximate surface area is 141 Å². The number of nitrogens with zero attached hydrogens (tertiary/aromatic N) is 2. The Morgan fingerprint density at radius 2 is 1.54 bits per heavy atom. The van der Waals surface area contributed by atoms with Crippen LogP contribution in [-0.2, 0) is 13.2 Å². The maximum atomic E-state index is 5.85. The van der Waals surface area contributed by atoms with Gasteiger partial charge in [-0.2, -0.15) is 4.98 Å². The van der Waals surface area contributed by atoms with E-state index in [4.69, 9.17) is 14.0 Å². The summed E-state index contributed by atoms with van der Waals surface area (Å²) < 4.78 is 16.5. The second-order valence-electron chi connectivity index (χ2n) is 5.71. The molecule has 3 aromatic rings. The zero-order valence-corrected chi connectivity index (χ0v) is 14.1. The van der Waals surface area contributed by atoms with Crippen LogP contribution in [0.2, 0.25) is 0 Å². The van der Waals surface area contributed by atoms with E-state index >= 15 is 0 Å². The molecule has 0 saturated heterocycles.